The SMILES string of the molecule is CC(=O)c1ccc(-c2ccc(Cc3ccc(C4CCC(C5CCCCC5)CC4)cc3)c3nccn23)cc1. The van der Waals surface area contributed by atoms with Gasteiger partial charge in [0.05, 0.1) is 5.69 Å². The lowest BCUT2D eigenvalue weighted by molar-refractivity contribution is 0.101. The van der Waals surface area contributed by atoms with E-state index in [9.17, 15) is 4.79 Å². The highest BCUT2D eigenvalue weighted by Gasteiger charge is 2.29. The molecule has 0 spiro atoms. The predicted octanol–water partition coefficient (Wildman–Crippen LogP) is 8.65. The molecule has 0 aliphatic heterocycles. The van der Waals surface area contributed by atoms with Gasteiger partial charge in [-0.2, -0.15) is 0 Å². The first-order chi connectivity index (χ1) is 18.2. The standard InChI is InChI=1S/C34H38N2O/c1-24(37)26-11-17-31(18-12-26)33-20-19-32(34-35-21-22-36(33)34)23-25-7-9-28(10-8-25)30-15-13-29(14-16-30)27-5-3-2-4-6-27/h7-12,17-22,27,29-30H,2-6,13-16,23H2,1H3. The van der Waals surface area contributed by atoms with Crippen molar-refractivity contribution in [1.82, 2.24) is 9.38 Å². The van der Waals surface area contributed by atoms with Crippen LogP contribution in [-0.2, 0) is 6.42 Å². The number of nitrogens with zero attached hydrogens (tertiary/aromatic N) is 2. The molecule has 2 fully saturated rings. The van der Waals surface area contributed by atoms with E-state index in [1.165, 1.54) is 74.5 Å². The largest absolute Gasteiger partial charge is 0.299 e. The van der Waals surface area contributed by atoms with Crippen LogP contribution in [0.5, 0.6) is 0 Å². The number of ketones is 1. The topological polar surface area (TPSA) is 34.4 Å². The molecule has 2 aliphatic carbocycles. The van der Waals surface area contributed by atoms with Gasteiger partial charge in [0.1, 0.15) is 5.65 Å². The molecule has 0 N–H and O–H groups in total. The number of benzene rings is 2. The van der Waals surface area contributed by atoms with Gasteiger partial charge in [0.15, 0.2) is 5.78 Å². The van der Waals surface area contributed by atoms with Crippen molar-refractivity contribution in [1.29, 1.82) is 0 Å². The van der Waals surface area contributed by atoms with Crippen molar-refractivity contribution in [3.8, 4) is 11.3 Å². The molecule has 6 rings (SSSR count). The highest BCUT2D eigenvalue weighted by Crippen LogP contribution is 2.43. The second kappa shape index (κ2) is 10.7. The number of imidazole rings is 1. The van der Waals surface area contributed by atoms with Crippen molar-refractivity contribution in [2.45, 2.75) is 77.0 Å². The van der Waals surface area contributed by atoms with Crippen LogP contribution >= 0.6 is 0 Å². The van der Waals surface area contributed by atoms with E-state index in [0.29, 0.717) is 0 Å². The number of carbonyl (C=O) groups is 1. The maximum absolute atomic E-state index is 11.7. The number of hydrogen-bond acceptors (Lipinski definition) is 2. The van der Waals surface area contributed by atoms with Gasteiger partial charge in [-0.15, -0.1) is 0 Å². The van der Waals surface area contributed by atoms with Crippen LogP contribution in [-0.4, -0.2) is 15.2 Å². The molecule has 4 aromatic rings. The Morgan fingerprint density at radius 1 is 0.811 bits per heavy atom. The summed E-state index contributed by atoms with van der Waals surface area (Å²) in [5.41, 5.74) is 8.01. The zero-order valence-corrected chi connectivity index (χ0v) is 22.0. The number of Topliss-reactive ketones (excluding diaryl/α,β-unsaturated/α-hetero) is 1. The fraction of sp³-hybridized carbons (Fsp3) is 0.412. The minimum absolute atomic E-state index is 0.0906. The third kappa shape index (κ3) is 5.14. The summed E-state index contributed by atoms with van der Waals surface area (Å²) in [7, 11) is 0. The molecule has 0 unspecified atom stereocenters. The van der Waals surface area contributed by atoms with Crippen LogP contribution in [0.3, 0.4) is 0 Å². The second-order valence-electron chi connectivity index (χ2n) is 11.4. The molecule has 3 heteroatoms. The smallest absolute Gasteiger partial charge is 0.159 e. The van der Waals surface area contributed by atoms with Crippen LogP contribution in [0.1, 0.15) is 97.7 Å². The fourth-order valence-corrected chi connectivity index (χ4v) is 6.98. The Labute approximate surface area is 221 Å². The van der Waals surface area contributed by atoms with Crippen molar-refractivity contribution >= 4 is 11.4 Å². The van der Waals surface area contributed by atoms with E-state index in [4.69, 9.17) is 4.98 Å². The Kier molecular flexibility index (Phi) is 6.95. The van der Waals surface area contributed by atoms with Gasteiger partial charge in [-0.25, -0.2) is 4.98 Å². The summed E-state index contributed by atoms with van der Waals surface area (Å²) < 4.78 is 2.16. The van der Waals surface area contributed by atoms with Crippen LogP contribution in [0.4, 0.5) is 0 Å². The molecule has 0 atom stereocenters. The second-order valence-corrected chi connectivity index (χ2v) is 11.4. The third-order valence-corrected chi connectivity index (χ3v) is 9.15. The molecular weight excluding hydrogens is 452 g/mol. The van der Waals surface area contributed by atoms with Crippen molar-refractivity contribution in [3.05, 3.63) is 95.3 Å². The molecule has 2 aromatic heterocycles. The molecule has 2 aromatic carbocycles. The average molecular weight is 491 g/mol. The molecule has 0 saturated heterocycles. The van der Waals surface area contributed by atoms with E-state index in [0.717, 1.165) is 46.6 Å². The Morgan fingerprint density at radius 3 is 2.22 bits per heavy atom. The summed E-state index contributed by atoms with van der Waals surface area (Å²) in [4.78, 5) is 16.3. The fourth-order valence-electron chi connectivity index (χ4n) is 6.98. The minimum atomic E-state index is 0.0906. The molecule has 0 radical (unpaired) electrons. The summed E-state index contributed by atoms with van der Waals surface area (Å²) in [6.45, 7) is 1.60. The molecule has 190 valence electrons. The van der Waals surface area contributed by atoms with Gasteiger partial charge in [0.2, 0.25) is 0 Å². The summed E-state index contributed by atoms with van der Waals surface area (Å²) in [6.07, 6.45) is 17.7. The lowest BCUT2D eigenvalue weighted by Gasteiger charge is -2.36. The van der Waals surface area contributed by atoms with E-state index in [1.807, 2.05) is 36.7 Å². The van der Waals surface area contributed by atoms with Gasteiger partial charge in [-0.1, -0.05) is 86.7 Å². The highest BCUT2D eigenvalue weighted by molar-refractivity contribution is 5.94. The van der Waals surface area contributed by atoms with E-state index >= 15 is 0 Å². The Balaban J connectivity index is 1.14. The lowest BCUT2D eigenvalue weighted by atomic mass is 9.70. The summed E-state index contributed by atoms with van der Waals surface area (Å²) in [6, 6.07) is 21.6. The van der Waals surface area contributed by atoms with Crippen molar-refractivity contribution in [2.75, 3.05) is 0 Å². The van der Waals surface area contributed by atoms with Crippen LogP contribution in [0.2, 0.25) is 0 Å². The average Bonchev–Trinajstić information content (AvgIpc) is 3.45. The van der Waals surface area contributed by atoms with Crippen LogP contribution in [0.25, 0.3) is 16.9 Å². The monoisotopic (exact) mass is 490 g/mol. The summed E-state index contributed by atoms with van der Waals surface area (Å²) in [5, 5.41) is 0. The Bertz CT molecular complexity index is 1350. The van der Waals surface area contributed by atoms with Crippen LogP contribution < -0.4 is 0 Å². The maximum Gasteiger partial charge on any atom is 0.159 e. The van der Waals surface area contributed by atoms with Crippen LogP contribution in [0, 0.1) is 11.8 Å². The Hall–Kier alpha value is -3.20. The number of fused-ring (bicyclic) bond motifs is 1. The normalized spacial score (nSPS) is 20.8. The zero-order chi connectivity index (χ0) is 25.2. The van der Waals surface area contributed by atoms with E-state index in [2.05, 4.69) is 40.8 Å². The molecule has 2 saturated carbocycles. The Morgan fingerprint density at radius 2 is 1.51 bits per heavy atom. The first kappa shape index (κ1) is 24.2. The van der Waals surface area contributed by atoms with Gasteiger partial charge >= 0.3 is 0 Å². The summed E-state index contributed by atoms with van der Waals surface area (Å²) in [5.74, 6) is 2.83. The molecule has 2 aliphatic rings. The summed E-state index contributed by atoms with van der Waals surface area (Å²) >= 11 is 0. The van der Waals surface area contributed by atoms with E-state index in [-0.39, 0.29) is 5.78 Å². The first-order valence-electron chi connectivity index (χ1n) is 14.3. The predicted molar refractivity (Wildman–Crippen MR) is 151 cm³/mol. The maximum atomic E-state index is 11.7. The number of hydrogen-bond donors (Lipinski definition) is 0. The van der Waals surface area contributed by atoms with Gasteiger partial charge in [-0.3, -0.25) is 9.20 Å². The minimum Gasteiger partial charge on any atom is -0.299 e. The number of carbonyl (C=O) groups excluding carboxylic acids is 1. The number of aromatic nitrogens is 2. The molecule has 0 bridgehead atoms. The zero-order valence-electron chi connectivity index (χ0n) is 22.0. The van der Waals surface area contributed by atoms with Gasteiger partial charge in [-0.05, 0) is 78.7 Å². The quantitative estimate of drug-likeness (QED) is 0.253. The molecule has 2 heterocycles. The third-order valence-electron chi connectivity index (χ3n) is 9.15. The first-order valence-corrected chi connectivity index (χ1v) is 14.3. The molecule has 37 heavy (non-hydrogen) atoms. The van der Waals surface area contributed by atoms with Crippen molar-refractivity contribution in [2.24, 2.45) is 11.8 Å². The van der Waals surface area contributed by atoms with Gasteiger partial charge < -0.3 is 0 Å². The van der Waals surface area contributed by atoms with Crippen molar-refractivity contribution < 1.29 is 4.79 Å². The molecule has 0 amide bonds. The molecule has 3 nitrogen and oxygen atoms in total. The van der Waals surface area contributed by atoms with Crippen molar-refractivity contribution in [3.63, 3.8) is 0 Å². The van der Waals surface area contributed by atoms with E-state index < -0.39 is 0 Å². The highest BCUT2D eigenvalue weighted by atomic mass is 16.1. The number of pyridine rings is 1. The van der Waals surface area contributed by atoms with E-state index in [1.54, 1.807) is 6.92 Å². The van der Waals surface area contributed by atoms with Gasteiger partial charge in [0.25, 0.3) is 0 Å². The number of rotatable bonds is 6. The molecular formula is C34H38N2O. The van der Waals surface area contributed by atoms with Gasteiger partial charge in [0, 0.05) is 24.4 Å². The lowest BCUT2D eigenvalue weighted by Crippen LogP contribution is -2.23. The van der Waals surface area contributed by atoms with Crippen LogP contribution in [0.15, 0.2) is 73.1 Å².